The van der Waals surface area contributed by atoms with Crippen LogP contribution in [-0.4, -0.2) is 24.0 Å². The molecular weight excluding hydrogens is 354 g/mol. The molecule has 0 radical (unpaired) electrons. The van der Waals surface area contributed by atoms with E-state index in [1.807, 2.05) is 36.5 Å². The number of piperidine rings is 1. The van der Waals surface area contributed by atoms with Crippen LogP contribution in [-0.2, 0) is 0 Å². The molecule has 3 rings (SSSR count). The number of rotatable bonds is 3. The number of aromatic nitrogens is 1. The van der Waals surface area contributed by atoms with E-state index in [1.165, 1.54) is 12.8 Å². The van der Waals surface area contributed by atoms with Crippen LogP contribution in [0.1, 0.15) is 30.1 Å². The number of halogens is 1. The molecular formula is C18H20BrN3O. The zero-order valence-electron chi connectivity index (χ0n) is 13.1. The van der Waals surface area contributed by atoms with Gasteiger partial charge < -0.3 is 10.2 Å². The molecule has 1 aliphatic rings. The third kappa shape index (κ3) is 3.91. The van der Waals surface area contributed by atoms with Crippen molar-refractivity contribution in [1.29, 1.82) is 0 Å². The van der Waals surface area contributed by atoms with E-state index in [2.05, 4.69) is 38.1 Å². The van der Waals surface area contributed by atoms with Crippen LogP contribution in [0.2, 0.25) is 0 Å². The molecule has 0 spiro atoms. The molecule has 2 heterocycles. The number of hydrogen-bond donors (Lipinski definition) is 1. The Morgan fingerprint density at radius 1 is 1.26 bits per heavy atom. The van der Waals surface area contributed by atoms with Crippen LogP contribution in [0.5, 0.6) is 0 Å². The Labute approximate surface area is 145 Å². The Morgan fingerprint density at radius 3 is 2.74 bits per heavy atom. The lowest BCUT2D eigenvalue weighted by Gasteiger charge is -2.32. The number of nitrogens with zero attached hydrogens (tertiary/aromatic N) is 2. The van der Waals surface area contributed by atoms with Gasteiger partial charge in [-0.25, -0.2) is 0 Å². The van der Waals surface area contributed by atoms with E-state index in [4.69, 9.17) is 0 Å². The van der Waals surface area contributed by atoms with Gasteiger partial charge in [0, 0.05) is 23.8 Å². The minimum atomic E-state index is -0.142. The second-order valence-corrected chi connectivity index (χ2v) is 6.89. The standard InChI is InChI=1S/C18H20BrN3O/c1-13-6-8-22(9-7-13)15-10-14(11-20-12-15)18(23)21-17-5-3-2-4-16(17)19/h2-5,10-13H,6-9H2,1H3,(H,21,23). The Kier molecular flexibility index (Phi) is 4.96. The summed E-state index contributed by atoms with van der Waals surface area (Å²) < 4.78 is 0.863. The summed E-state index contributed by atoms with van der Waals surface area (Å²) in [6.07, 6.45) is 5.83. The number of nitrogens with one attached hydrogen (secondary N) is 1. The van der Waals surface area contributed by atoms with Gasteiger partial charge in [0.1, 0.15) is 0 Å². The van der Waals surface area contributed by atoms with Crippen molar-refractivity contribution in [1.82, 2.24) is 4.98 Å². The summed E-state index contributed by atoms with van der Waals surface area (Å²) in [5, 5.41) is 2.92. The summed E-state index contributed by atoms with van der Waals surface area (Å²) in [6, 6.07) is 9.50. The zero-order valence-corrected chi connectivity index (χ0v) is 14.7. The summed E-state index contributed by atoms with van der Waals surface area (Å²) in [6.45, 7) is 4.34. The average molecular weight is 374 g/mol. The van der Waals surface area contributed by atoms with Gasteiger partial charge in [-0.3, -0.25) is 9.78 Å². The summed E-state index contributed by atoms with van der Waals surface area (Å²) in [5.41, 5.74) is 2.36. The maximum Gasteiger partial charge on any atom is 0.257 e. The van der Waals surface area contributed by atoms with Gasteiger partial charge in [-0.05, 0) is 52.9 Å². The van der Waals surface area contributed by atoms with Crippen molar-refractivity contribution in [2.75, 3.05) is 23.3 Å². The van der Waals surface area contributed by atoms with Crippen molar-refractivity contribution in [3.63, 3.8) is 0 Å². The molecule has 0 saturated carbocycles. The molecule has 120 valence electrons. The highest BCUT2D eigenvalue weighted by Gasteiger charge is 2.17. The first-order valence-corrected chi connectivity index (χ1v) is 8.68. The Hall–Kier alpha value is -1.88. The van der Waals surface area contributed by atoms with Crippen molar-refractivity contribution < 1.29 is 4.79 Å². The second-order valence-electron chi connectivity index (χ2n) is 6.04. The maximum absolute atomic E-state index is 12.5. The largest absolute Gasteiger partial charge is 0.370 e. The monoisotopic (exact) mass is 373 g/mol. The summed E-state index contributed by atoms with van der Waals surface area (Å²) in [7, 11) is 0. The van der Waals surface area contributed by atoms with Gasteiger partial charge in [-0.15, -0.1) is 0 Å². The highest BCUT2D eigenvalue weighted by atomic mass is 79.9. The van der Waals surface area contributed by atoms with Crippen LogP contribution >= 0.6 is 15.9 Å². The van der Waals surface area contributed by atoms with Gasteiger partial charge >= 0.3 is 0 Å². The van der Waals surface area contributed by atoms with E-state index in [-0.39, 0.29) is 5.91 Å². The van der Waals surface area contributed by atoms with Crippen LogP contribution in [0.4, 0.5) is 11.4 Å². The summed E-state index contributed by atoms with van der Waals surface area (Å²) in [5.74, 6) is 0.637. The number of para-hydroxylation sites is 1. The lowest BCUT2D eigenvalue weighted by molar-refractivity contribution is 0.102. The second kappa shape index (κ2) is 7.13. The molecule has 5 heteroatoms. The highest BCUT2D eigenvalue weighted by molar-refractivity contribution is 9.10. The highest BCUT2D eigenvalue weighted by Crippen LogP contribution is 2.24. The lowest BCUT2D eigenvalue weighted by atomic mass is 9.99. The average Bonchev–Trinajstić information content (AvgIpc) is 2.58. The fourth-order valence-electron chi connectivity index (χ4n) is 2.75. The van der Waals surface area contributed by atoms with E-state index < -0.39 is 0 Å². The molecule has 0 bridgehead atoms. The lowest BCUT2D eigenvalue weighted by Crippen LogP contribution is -2.33. The van der Waals surface area contributed by atoms with Crippen molar-refractivity contribution in [2.45, 2.75) is 19.8 Å². The quantitative estimate of drug-likeness (QED) is 0.870. The molecule has 1 saturated heterocycles. The number of anilines is 2. The molecule has 1 fully saturated rings. The number of carbonyl (C=O) groups is 1. The van der Waals surface area contributed by atoms with Gasteiger partial charge in [0.25, 0.3) is 5.91 Å². The first-order valence-electron chi connectivity index (χ1n) is 7.89. The minimum absolute atomic E-state index is 0.142. The molecule has 1 N–H and O–H groups in total. The molecule has 0 atom stereocenters. The van der Waals surface area contributed by atoms with Gasteiger partial charge in [-0.1, -0.05) is 19.1 Å². The molecule has 1 amide bonds. The number of amides is 1. The van der Waals surface area contributed by atoms with Crippen molar-refractivity contribution >= 4 is 33.2 Å². The first-order chi connectivity index (χ1) is 11.1. The van der Waals surface area contributed by atoms with Crippen molar-refractivity contribution in [3.05, 3.63) is 52.8 Å². The Balaban J connectivity index is 1.74. The Morgan fingerprint density at radius 2 is 2.00 bits per heavy atom. The SMILES string of the molecule is CC1CCN(c2cncc(C(=O)Nc3ccccc3Br)c2)CC1. The normalized spacial score (nSPS) is 15.5. The van der Waals surface area contributed by atoms with E-state index in [0.717, 1.165) is 34.9 Å². The number of pyridine rings is 1. The van der Waals surface area contributed by atoms with Crippen LogP contribution in [0.3, 0.4) is 0 Å². The van der Waals surface area contributed by atoms with E-state index in [1.54, 1.807) is 6.20 Å². The fourth-order valence-corrected chi connectivity index (χ4v) is 3.13. The molecule has 1 aromatic carbocycles. The molecule has 2 aromatic rings. The number of hydrogen-bond acceptors (Lipinski definition) is 3. The molecule has 0 unspecified atom stereocenters. The van der Waals surface area contributed by atoms with Crippen LogP contribution in [0.25, 0.3) is 0 Å². The van der Waals surface area contributed by atoms with Crippen molar-refractivity contribution in [3.8, 4) is 0 Å². The zero-order chi connectivity index (χ0) is 16.2. The van der Waals surface area contributed by atoms with Crippen LogP contribution in [0, 0.1) is 5.92 Å². The third-order valence-electron chi connectivity index (χ3n) is 4.26. The van der Waals surface area contributed by atoms with Gasteiger partial charge in [0.2, 0.25) is 0 Å². The van der Waals surface area contributed by atoms with Crippen LogP contribution < -0.4 is 10.2 Å². The van der Waals surface area contributed by atoms with Gasteiger partial charge in [0.15, 0.2) is 0 Å². The fraction of sp³-hybridized carbons (Fsp3) is 0.333. The Bertz CT molecular complexity index is 696. The van der Waals surface area contributed by atoms with Gasteiger partial charge in [0.05, 0.1) is 23.1 Å². The number of benzene rings is 1. The minimum Gasteiger partial charge on any atom is -0.370 e. The molecule has 23 heavy (non-hydrogen) atoms. The molecule has 4 nitrogen and oxygen atoms in total. The maximum atomic E-state index is 12.5. The smallest absolute Gasteiger partial charge is 0.257 e. The van der Waals surface area contributed by atoms with Crippen molar-refractivity contribution in [2.24, 2.45) is 5.92 Å². The first kappa shape index (κ1) is 16.0. The number of carbonyl (C=O) groups excluding carboxylic acids is 1. The topological polar surface area (TPSA) is 45.2 Å². The summed E-state index contributed by atoms with van der Waals surface area (Å²) >= 11 is 3.44. The molecule has 0 aliphatic carbocycles. The van der Waals surface area contributed by atoms with E-state index in [9.17, 15) is 4.79 Å². The predicted molar refractivity (Wildman–Crippen MR) is 96.9 cm³/mol. The van der Waals surface area contributed by atoms with E-state index in [0.29, 0.717) is 5.56 Å². The molecule has 1 aromatic heterocycles. The summed E-state index contributed by atoms with van der Waals surface area (Å²) in [4.78, 5) is 19.0. The van der Waals surface area contributed by atoms with Crippen LogP contribution in [0.15, 0.2) is 47.2 Å². The predicted octanol–water partition coefficient (Wildman–Crippen LogP) is 4.33. The molecule has 1 aliphatic heterocycles. The van der Waals surface area contributed by atoms with Gasteiger partial charge in [-0.2, -0.15) is 0 Å². The third-order valence-corrected chi connectivity index (χ3v) is 4.95. The van der Waals surface area contributed by atoms with E-state index >= 15 is 0 Å².